The normalized spacial score (nSPS) is 11.5. The van der Waals surface area contributed by atoms with Crippen molar-refractivity contribution in [3.05, 3.63) is 59.1 Å². The molecule has 3 nitrogen and oxygen atoms in total. The fourth-order valence-corrected chi connectivity index (χ4v) is 3.15. The summed E-state index contributed by atoms with van der Waals surface area (Å²) in [6.45, 7) is 8.74. The highest BCUT2D eigenvalue weighted by molar-refractivity contribution is 7.15. The lowest BCUT2D eigenvalue weighted by Gasteiger charge is -2.19. The number of thiophene rings is 1. The molecule has 0 saturated heterocycles. The van der Waals surface area contributed by atoms with E-state index >= 15 is 0 Å². The summed E-state index contributed by atoms with van der Waals surface area (Å²) in [5.41, 5.74) is 3.42. The molecule has 3 rings (SSSR count). The third-order valence-corrected chi connectivity index (χ3v) is 4.68. The first-order valence-electron chi connectivity index (χ1n) is 7.69. The maximum atomic E-state index is 4.61. The van der Waals surface area contributed by atoms with Crippen molar-refractivity contribution >= 4 is 23.0 Å². The summed E-state index contributed by atoms with van der Waals surface area (Å²) in [6, 6.07) is 14.6. The minimum absolute atomic E-state index is 0.159. The van der Waals surface area contributed by atoms with Crippen LogP contribution in [-0.4, -0.2) is 9.97 Å². The van der Waals surface area contributed by atoms with Gasteiger partial charge in [0.2, 0.25) is 5.95 Å². The van der Waals surface area contributed by atoms with E-state index in [0.717, 1.165) is 16.3 Å². The lowest BCUT2D eigenvalue weighted by Crippen LogP contribution is -2.10. The van der Waals surface area contributed by atoms with E-state index < -0.39 is 0 Å². The van der Waals surface area contributed by atoms with Crippen molar-refractivity contribution in [1.29, 1.82) is 0 Å². The summed E-state index contributed by atoms with van der Waals surface area (Å²) < 4.78 is 0. The number of aryl methyl sites for hydroxylation is 1. The van der Waals surface area contributed by atoms with E-state index in [1.165, 1.54) is 10.4 Å². The van der Waals surface area contributed by atoms with E-state index in [2.05, 4.69) is 79.4 Å². The van der Waals surface area contributed by atoms with E-state index in [1.54, 1.807) is 17.5 Å². The second kappa shape index (κ2) is 6.13. The number of nitrogens with zero attached hydrogens (tertiary/aromatic N) is 2. The smallest absolute Gasteiger partial charge is 0.227 e. The van der Waals surface area contributed by atoms with Crippen molar-refractivity contribution in [3.63, 3.8) is 0 Å². The van der Waals surface area contributed by atoms with Crippen LogP contribution in [0.3, 0.4) is 0 Å². The monoisotopic (exact) mass is 323 g/mol. The average molecular weight is 323 g/mol. The van der Waals surface area contributed by atoms with Crippen molar-refractivity contribution in [1.82, 2.24) is 9.97 Å². The zero-order valence-corrected chi connectivity index (χ0v) is 14.7. The van der Waals surface area contributed by atoms with Gasteiger partial charge in [0.1, 0.15) is 0 Å². The first-order valence-corrected chi connectivity index (χ1v) is 8.51. The summed E-state index contributed by atoms with van der Waals surface area (Å²) >= 11 is 1.74. The largest absolute Gasteiger partial charge is 0.324 e. The van der Waals surface area contributed by atoms with Gasteiger partial charge in [0.15, 0.2) is 0 Å². The molecule has 0 atom stereocenters. The zero-order chi connectivity index (χ0) is 16.4. The molecule has 1 N–H and O–H groups in total. The minimum Gasteiger partial charge on any atom is -0.324 e. The molecule has 4 heteroatoms. The Bertz CT molecular complexity index is 798. The van der Waals surface area contributed by atoms with Crippen LogP contribution in [0.1, 0.15) is 31.2 Å². The highest BCUT2D eigenvalue weighted by Gasteiger charge is 2.13. The van der Waals surface area contributed by atoms with Crippen LogP contribution in [-0.2, 0) is 5.41 Å². The molecule has 118 valence electrons. The van der Waals surface area contributed by atoms with Crippen LogP contribution in [0.15, 0.2) is 48.7 Å². The molecule has 0 bridgehead atoms. The molecule has 0 fully saturated rings. The maximum Gasteiger partial charge on any atom is 0.227 e. The topological polar surface area (TPSA) is 37.8 Å². The van der Waals surface area contributed by atoms with E-state index in [1.807, 2.05) is 6.07 Å². The summed E-state index contributed by atoms with van der Waals surface area (Å²) in [5, 5.41) is 3.28. The molecule has 23 heavy (non-hydrogen) atoms. The number of aromatic nitrogens is 2. The molecular weight excluding hydrogens is 302 g/mol. The number of hydrogen-bond acceptors (Lipinski definition) is 4. The number of benzene rings is 1. The SMILES string of the molecule is Cc1ccc(-c2ccnc(Nc3ccc(C(C)(C)C)cc3)n2)s1. The predicted octanol–water partition coefficient (Wildman–Crippen LogP) is 5.55. The van der Waals surface area contributed by atoms with Crippen molar-refractivity contribution in [2.24, 2.45) is 0 Å². The van der Waals surface area contributed by atoms with Crippen LogP contribution < -0.4 is 5.32 Å². The Kier molecular flexibility index (Phi) is 4.18. The summed E-state index contributed by atoms with van der Waals surface area (Å²) in [7, 11) is 0. The van der Waals surface area contributed by atoms with Crippen molar-refractivity contribution in [2.45, 2.75) is 33.1 Å². The highest BCUT2D eigenvalue weighted by atomic mass is 32.1. The van der Waals surface area contributed by atoms with Gasteiger partial charge in [0, 0.05) is 16.8 Å². The Hall–Kier alpha value is -2.20. The standard InChI is InChI=1S/C19H21N3S/c1-13-5-10-17(23-13)16-11-12-20-18(22-16)21-15-8-6-14(7-9-15)19(2,3)4/h5-12H,1-4H3,(H,20,21,22). The summed E-state index contributed by atoms with van der Waals surface area (Å²) in [4.78, 5) is 11.4. The minimum atomic E-state index is 0.159. The predicted molar refractivity (Wildman–Crippen MR) is 98.5 cm³/mol. The quantitative estimate of drug-likeness (QED) is 0.686. The molecule has 2 heterocycles. The van der Waals surface area contributed by atoms with Crippen LogP contribution in [0, 0.1) is 6.92 Å². The van der Waals surface area contributed by atoms with Crippen LogP contribution in [0.5, 0.6) is 0 Å². The fourth-order valence-electron chi connectivity index (χ4n) is 2.31. The number of rotatable bonds is 3. The van der Waals surface area contributed by atoms with Gasteiger partial charge in [-0.1, -0.05) is 32.9 Å². The molecule has 3 aromatic rings. The number of hydrogen-bond donors (Lipinski definition) is 1. The van der Waals surface area contributed by atoms with Gasteiger partial charge in [-0.25, -0.2) is 9.97 Å². The van der Waals surface area contributed by atoms with Crippen molar-refractivity contribution < 1.29 is 0 Å². The lowest BCUT2D eigenvalue weighted by molar-refractivity contribution is 0.590. The van der Waals surface area contributed by atoms with Crippen LogP contribution in [0.2, 0.25) is 0 Å². The second-order valence-corrected chi connectivity index (χ2v) is 7.92. The van der Waals surface area contributed by atoms with Crippen LogP contribution >= 0.6 is 11.3 Å². The number of anilines is 2. The Labute approximate surface area is 141 Å². The van der Waals surface area contributed by atoms with E-state index in [-0.39, 0.29) is 5.41 Å². The molecule has 0 unspecified atom stereocenters. The number of nitrogens with one attached hydrogen (secondary N) is 1. The lowest BCUT2D eigenvalue weighted by atomic mass is 9.87. The fraction of sp³-hybridized carbons (Fsp3) is 0.263. The van der Waals surface area contributed by atoms with Gasteiger partial charge in [-0.15, -0.1) is 11.3 Å². The molecule has 0 aliphatic rings. The van der Waals surface area contributed by atoms with Gasteiger partial charge in [-0.3, -0.25) is 0 Å². The Balaban J connectivity index is 1.80. The zero-order valence-electron chi connectivity index (χ0n) is 13.9. The molecule has 0 radical (unpaired) electrons. The van der Waals surface area contributed by atoms with E-state index in [9.17, 15) is 0 Å². The summed E-state index contributed by atoms with van der Waals surface area (Å²) in [5.74, 6) is 0.622. The van der Waals surface area contributed by atoms with Crippen LogP contribution in [0.4, 0.5) is 11.6 Å². The third-order valence-electron chi connectivity index (χ3n) is 3.66. The molecule has 0 saturated carbocycles. The summed E-state index contributed by atoms with van der Waals surface area (Å²) in [6.07, 6.45) is 1.79. The maximum absolute atomic E-state index is 4.61. The van der Waals surface area contributed by atoms with Gasteiger partial charge in [-0.05, 0) is 48.2 Å². The van der Waals surface area contributed by atoms with Gasteiger partial charge in [-0.2, -0.15) is 0 Å². The van der Waals surface area contributed by atoms with Gasteiger partial charge in [0.25, 0.3) is 0 Å². The average Bonchev–Trinajstić information content (AvgIpc) is 2.94. The van der Waals surface area contributed by atoms with Crippen molar-refractivity contribution in [2.75, 3.05) is 5.32 Å². The van der Waals surface area contributed by atoms with E-state index in [4.69, 9.17) is 0 Å². The van der Waals surface area contributed by atoms with Crippen molar-refractivity contribution in [3.8, 4) is 10.6 Å². The first-order chi connectivity index (χ1) is 10.9. The van der Waals surface area contributed by atoms with Gasteiger partial charge in [0.05, 0.1) is 10.6 Å². The van der Waals surface area contributed by atoms with Gasteiger partial charge >= 0.3 is 0 Å². The highest BCUT2D eigenvalue weighted by Crippen LogP contribution is 2.27. The Morgan fingerprint density at radius 1 is 0.957 bits per heavy atom. The van der Waals surface area contributed by atoms with E-state index in [0.29, 0.717) is 5.95 Å². The third kappa shape index (κ3) is 3.77. The first kappa shape index (κ1) is 15.7. The molecule has 2 aromatic heterocycles. The van der Waals surface area contributed by atoms with Crippen LogP contribution in [0.25, 0.3) is 10.6 Å². The molecule has 0 aliphatic heterocycles. The van der Waals surface area contributed by atoms with Gasteiger partial charge < -0.3 is 5.32 Å². The molecular formula is C19H21N3S. The molecule has 0 aliphatic carbocycles. The Morgan fingerprint density at radius 3 is 2.30 bits per heavy atom. The molecule has 0 amide bonds. The molecule has 1 aromatic carbocycles. The Morgan fingerprint density at radius 2 is 1.70 bits per heavy atom. The second-order valence-electron chi connectivity index (χ2n) is 6.63. The molecule has 0 spiro atoms.